The number of Topliss-reactive ketones (excluding diaryl/α,β-unsaturated/α-hetero) is 1. The lowest BCUT2D eigenvalue weighted by atomic mass is 9.77. The minimum atomic E-state index is -1.17. The van der Waals surface area contributed by atoms with Gasteiger partial charge in [0, 0.05) is 30.0 Å². The number of aliphatic carboxylic acids is 1. The summed E-state index contributed by atoms with van der Waals surface area (Å²) in [7, 11) is 0. The van der Waals surface area contributed by atoms with E-state index in [4.69, 9.17) is 4.74 Å². The first-order valence-corrected chi connectivity index (χ1v) is 14.7. The van der Waals surface area contributed by atoms with Crippen molar-refractivity contribution in [2.75, 3.05) is 6.61 Å². The Kier molecular flexibility index (Phi) is 12.7. The van der Waals surface area contributed by atoms with Crippen LogP contribution in [0.5, 0.6) is 0 Å². The van der Waals surface area contributed by atoms with Gasteiger partial charge >= 0.3 is 11.9 Å². The molecule has 1 heterocycles. The number of allylic oxidation sites excluding steroid dienone is 3. The molecule has 1 unspecified atom stereocenters. The van der Waals surface area contributed by atoms with Crippen molar-refractivity contribution < 1.29 is 29.0 Å². The Balaban J connectivity index is 0.00000506. The number of amides is 1. The number of hydrogen-bond acceptors (Lipinski definition) is 8. The number of hydrogen-bond donors (Lipinski definition) is 3. The van der Waals surface area contributed by atoms with Crippen molar-refractivity contribution in [3.8, 4) is 0 Å². The van der Waals surface area contributed by atoms with Crippen LogP contribution in [-0.4, -0.2) is 59.7 Å². The minimum absolute atomic E-state index is 0. The van der Waals surface area contributed by atoms with Gasteiger partial charge in [0.15, 0.2) is 5.78 Å². The number of carbonyl (C=O) groups excluding carboxylic acids is 3. The second-order valence-corrected chi connectivity index (χ2v) is 11.0. The molecule has 3 N–H and O–H groups in total. The third-order valence-electron chi connectivity index (χ3n) is 7.20. The lowest BCUT2D eigenvalue weighted by Crippen LogP contribution is -2.51. The molecule has 2 aromatic rings. The Morgan fingerprint density at radius 2 is 1.81 bits per heavy atom. The maximum atomic E-state index is 14.1. The summed E-state index contributed by atoms with van der Waals surface area (Å²) in [6, 6.07) is 14.7. The molecule has 0 saturated heterocycles. The number of halogens is 1. The SMILES string of the molecule is CCOC(=O)[C@H](CCc1ccccc1)N[C@@H]1CC(C[C@H](NC(C)=O)C(=O)O)=CC(C2=CC=NSc3ccccc32)C1=O.Cl. The number of nitrogens with one attached hydrogen (secondary N) is 2. The average Bonchev–Trinajstić information content (AvgIpc) is 3.19. The Bertz CT molecular complexity index is 1410. The van der Waals surface area contributed by atoms with E-state index in [0.29, 0.717) is 18.4 Å². The summed E-state index contributed by atoms with van der Waals surface area (Å²) < 4.78 is 9.71. The van der Waals surface area contributed by atoms with Crippen LogP contribution in [0.15, 0.2) is 81.6 Å². The summed E-state index contributed by atoms with van der Waals surface area (Å²) in [4.78, 5) is 51.8. The van der Waals surface area contributed by atoms with E-state index in [1.807, 2.05) is 54.6 Å². The summed E-state index contributed by atoms with van der Waals surface area (Å²) in [5.74, 6) is -2.93. The summed E-state index contributed by atoms with van der Waals surface area (Å²) in [6.07, 6.45) is 6.47. The van der Waals surface area contributed by atoms with Crippen LogP contribution < -0.4 is 10.6 Å². The number of esters is 1. The van der Waals surface area contributed by atoms with E-state index in [1.54, 1.807) is 25.3 Å². The maximum absolute atomic E-state index is 14.1. The summed E-state index contributed by atoms with van der Waals surface area (Å²) in [5, 5.41) is 15.6. The van der Waals surface area contributed by atoms with E-state index in [9.17, 15) is 24.3 Å². The number of aryl methyl sites for hydroxylation is 1. The zero-order valence-electron chi connectivity index (χ0n) is 24.0. The Morgan fingerprint density at radius 1 is 1.09 bits per heavy atom. The number of rotatable bonds is 12. The van der Waals surface area contributed by atoms with Crippen LogP contribution in [0.1, 0.15) is 44.2 Å². The summed E-state index contributed by atoms with van der Waals surface area (Å²) in [6.45, 7) is 3.20. The highest BCUT2D eigenvalue weighted by Crippen LogP contribution is 2.39. The van der Waals surface area contributed by atoms with Crippen LogP contribution in [-0.2, 0) is 30.3 Å². The van der Waals surface area contributed by atoms with E-state index < -0.39 is 41.9 Å². The highest BCUT2D eigenvalue weighted by Gasteiger charge is 2.38. The van der Waals surface area contributed by atoms with E-state index in [2.05, 4.69) is 15.0 Å². The molecular weight excluding hydrogens is 590 g/mol. The lowest BCUT2D eigenvalue weighted by molar-refractivity contribution is -0.146. The largest absolute Gasteiger partial charge is 0.480 e. The fourth-order valence-electron chi connectivity index (χ4n) is 5.26. The van der Waals surface area contributed by atoms with Crippen LogP contribution in [0.2, 0.25) is 0 Å². The van der Waals surface area contributed by atoms with Gasteiger partial charge in [0.1, 0.15) is 12.1 Å². The van der Waals surface area contributed by atoms with Gasteiger partial charge in [-0.15, -0.1) is 12.4 Å². The fourth-order valence-corrected chi connectivity index (χ4v) is 5.92. The molecule has 0 aromatic heterocycles. The first-order valence-electron chi connectivity index (χ1n) is 14.0. The molecule has 0 fully saturated rings. The molecule has 1 aliphatic carbocycles. The van der Waals surface area contributed by atoms with Gasteiger partial charge in [0.2, 0.25) is 5.91 Å². The van der Waals surface area contributed by atoms with Crippen molar-refractivity contribution in [1.29, 1.82) is 0 Å². The summed E-state index contributed by atoms with van der Waals surface area (Å²) in [5.41, 5.74) is 3.34. The van der Waals surface area contributed by atoms with Crippen LogP contribution in [0.3, 0.4) is 0 Å². The molecule has 1 amide bonds. The van der Waals surface area contributed by atoms with Crippen LogP contribution in [0.25, 0.3) is 5.57 Å². The molecule has 0 bridgehead atoms. The first-order chi connectivity index (χ1) is 20.3. The van der Waals surface area contributed by atoms with Gasteiger partial charge in [0.25, 0.3) is 0 Å². The number of carbonyl (C=O) groups is 4. The number of benzene rings is 2. The second-order valence-electron chi connectivity index (χ2n) is 10.2. The Labute approximate surface area is 261 Å². The highest BCUT2D eigenvalue weighted by molar-refractivity contribution is 7.98. The van der Waals surface area contributed by atoms with Crippen molar-refractivity contribution in [2.45, 2.75) is 62.6 Å². The molecular formula is C32H36ClN3O6S. The van der Waals surface area contributed by atoms with E-state index in [-0.39, 0.29) is 37.6 Å². The number of ether oxygens (including phenoxy) is 1. The lowest BCUT2D eigenvalue weighted by Gasteiger charge is -2.33. The standard InChI is InChI=1S/C32H35N3O6S.ClH/c1-3-41-32(40)26(14-13-21-9-5-4-6-10-21)35-27-18-22(19-28(31(38)39)34-20(2)36)17-25(30(27)37)23-15-16-33-42-29-12-8-7-11-24(23)29;/h4-12,15-17,25-28,35H,3,13-14,18-19H2,1-2H3,(H,34,36)(H,38,39);1H/t25?,26-,27+,28-;/m0./s1. The predicted molar refractivity (Wildman–Crippen MR) is 169 cm³/mol. The minimum Gasteiger partial charge on any atom is -0.480 e. The zero-order chi connectivity index (χ0) is 30.1. The van der Waals surface area contributed by atoms with Gasteiger partial charge in [-0.25, -0.2) is 9.19 Å². The third-order valence-corrected chi connectivity index (χ3v) is 7.98. The van der Waals surface area contributed by atoms with E-state index in [0.717, 1.165) is 21.6 Å². The van der Waals surface area contributed by atoms with Crippen molar-refractivity contribution in [3.63, 3.8) is 0 Å². The number of carboxylic acid groups (broad SMARTS) is 1. The van der Waals surface area contributed by atoms with Gasteiger partial charge in [-0.1, -0.05) is 60.2 Å². The maximum Gasteiger partial charge on any atom is 0.326 e. The van der Waals surface area contributed by atoms with Crippen molar-refractivity contribution >= 4 is 59.8 Å². The molecule has 0 spiro atoms. The van der Waals surface area contributed by atoms with Crippen molar-refractivity contribution in [1.82, 2.24) is 10.6 Å². The van der Waals surface area contributed by atoms with Crippen LogP contribution in [0.4, 0.5) is 0 Å². The molecule has 0 radical (unpaired) electrons. The van der Waals surface area contributed by atoms with E-state index in [1.165, 1.54) is 18.9 Å². The quantitative estimate of drug-likeness (QED) is 0.177. The van der Waals surface area contributed by atoms with Crippen molar-refractivity contribution in [2.24, 2.45) is 10.3 Å². The zero-order valence-corrected chi connectivity index (χ0v) is 25.7. The molecule has 4 rings (SSSR count). The Hall–Kier alpha value is -3.73. The predicted octanol–water partition coefficient (Wildman–Crippen LogP) is 4.60. The molecule has 9 nitrogen and oxygen atoms in total. The number of ketones is 1. The molecule has 0 saturated carbocycles. The van der Waals surface area contributed by atoms with Gasteiger partial charge < -0.3 is 15.2 Å². The van der Waals surface area contributed by atoms with Crippen LogP contribution in [0, 0.1) is 5.92 Å². The highest BCUT2D eigenvalue weighted by atomic mass is 35.5. The normalized spacial score (nSPS) is 19.0. The van der Waals surface area contributed by atoms with Gasteiger partial charge in [-0.2, -0.15) is 0 Å². The molecule has 1 aliphatic heterocycles. The van der Waals surface area contributed by atoms with Gasteiger partial charge in [-0.3, -0.25) is 19.7 Å². The van der Waals surface area contributed by atoms with Gasteiger partial charge in [0.05, 0.1) is 18.6 Å². The second kappa shape index (κ2) is 16.2. The number of nitrogens with zero attached hydrogens (tertiary/aromatic N) is 1. The fraction of sp³-hybridized carbons (Fsp3) is 0.344. The summed E-state index contributed by atoms with van der Waals surface area (Å²) >= 11 is 1.31. The molecule has 11 heteroatoms. The smallest absolute Gasteiger partial charge is 0.326 e. The monoisotopic (exact) mass is 625 g/mol. The third kappa shape index (κ3) is 9.13. The molecule has 4 atom stereocenters. The van der Waals surface area contributed by atoms with Crippen LogP contribution >= 0.6 is 24.4 Å². The topological polar surface area (TPSA) is 134 Å². The molecule has 228 valence electrons. The van der Waals surface area contributed by atoms with Gasteiger partial charge in [-0.05, 0) is 61.4 Å². The average molecular weight is 626 g/mol. The Morgan fingerprint density at radius 3 is 2.51 bits per heavy atom. The number of carboxylic acids is 1. The van der Waals surface area contributed by atoms with E-state index >= 15 is 0 Å². The molecule has 2 aromatic carbocycles. The molecule has 2 aliphatic rings. The van der Waals surface area contributed by atoms with Crippen molar-refractivity contribution in [3.05, 3.63) is 83.4 Å². The molecule has 43 heavy (non-hydrogen) atoms. The number of fused-ring (bicyclic) bond motifs is 1. The first kappa shape index (κ1) is 33.8.